The number of thioether (sulfide) groups is 1. The summed E-state index contributed by atoms with van der Waals surface area (Å²) in [7, 11) is 0. The van der Waals surface area contributed by atoms with E-state index in [1.165, 1.54) is 17.8 Å². The fourth-order valence-electron chi connectivity index (χ4n) is 2.37. The van der Waals surface area contributed by atoms with E-state index in [9.17, 15) is 9.18 Å². The number of piperidine rings is 1. The molecule has 1 amide bonds. The summed E-state index contributed by atoms with van der Waals surface area (Å²) >= 11 is 1.49. The molecule has 0 N–H and O–H groups in total. The van der Waals surface area contributed by atoms with E-state index in [2.05, 4.69) is 0 Å². The number of carbonyl (C=O) groups excluding carboxylic acids is 1. The molecule has 0 unspecified atom stereocenters. The number of hydrogen-bond acceptors (Lipinski definition) is 4. The summed E-state index contributed by atoms with van der Waals surface area (Å²) in [6.07, 6.45) is 2.86. The van der Waals surface area contributed by atoms with Gasteiger partial charge in [-0.1, -0.05) is 0 Å². The number of halogens is 1. The molecule has 128 valence electrons. The predicted molar refractivity (Wildman–Crippen MR) is 89.6 cm³/mol. The highest BCUT2D eigenvalue weighted by Gasteiger charge is 2.28. The van der Waals surface area contributed by atoms with Crippen LogP contribution in [-0.4, -0.2) is 42.0 Å². The van der Waals surface area contributed by atoms with Gasteiger partial charge < -0.3 is 14.4 Å². The molecule has 1 aromatic carbocycles. The van der Waals surface area contributed by atoms with Gasteiger partial charge in [0.05, 0.1) is 0 Å². The van der Waals surface area contributed by atoms with Crippen molar-refractivity contribution >= 4 is 17.9 Å². The Morgan fingerprint density at radius 2 is 1.96 bits per heavy atom. The highest BCUT2D eigenvalue weighted by Crippen LogP contribution is 2.26. The molecule has 1 aliphatic heterocycles. The molecular weight excluding hydrogens is 317 g/mol. The SMILES string of the molecule is CSc1ccc(OC2CCN(C(=O)OC(C)(C)C)CC2)c(F)c1. The topological polar surface area (TPSA) is 38.8 Å². The van der Waals surface area contributed by atoms with Crippen LogP contribution >= 0.6 is 11.8 Å². The maximum atomic E-state index is 14.0. The molecule has 0 radical (unpaired) electrons. The normalized spacial score (nSPS) is 16.3. The fourth-order valence-corrected chi connectivity index (χ4v) is 2.79. The van der Waals surface area contributed by atoms with Gasteiger partial charge in [0.15, 0.2) is 11.6 Å². The molecule has 1 aliphatic rings. The third-order valence-corrected chi connectivity index (χ3v) is 4.25. The van der Waals surface area contributed by atoms with E-state index in [-0.39, 0.29) is 23.8 Å². The first-order valence-electron chi connectivity index (χ1n) is 7.76. The van der Waals surface area contributed by atoms with Gasteiger partial charge >= 0.3 is 6.09 Å². The van der Waals surface area contributed by atoms with E-state index in [0.717, 1.165) is 4.90 Å². The van der Waals surface area contributed by atoms with Crippen molar-refractivity contribution < 1.29 is 18.7 Å². The number of nitrogens with zero attached hydrogens (tertiary/aromatic N) is 1. The van der Waals surface area contributed by atoms with Crippen LogP contribution in [0.5, 0.6) is 5.75 Å². The molecule has 1 aromatic rings. The molecule has 0 bridgehead atoms. The lowest BCUT2D eigenvalue weighted by Gasteiger charge is -2.33. The Hall–Kier alpha value is -1.43. The summed E-state index contributed by atoms with van der Waals surface area (Å²) in [6, 6.07) is 5.00. The summed E-state index contributed by atoms with van der Waals surface area (Å²) in [6.45, 7) is 6.67. The minimum absolute atomic E-state index is 0.0803. The third kappa shape index (κ3) is 5.30. The van der Waals surface area contributed by atoms with Crippen molar-refractivity contribution in [1.82, 2.24) is 4.90 Å². The minimum atomic E-state index is -0.493. The Labute approximate surface area is 141 Å². The summed E-state index contributed by atoms with van der Waals surface area (Å²) < 4.78 is 25.1. The lowest BCUT2D eigenvalue weighted by atomic mass is 10.1. The Balaban J connectivity index is 1.86. The molecule has 0 atom stereocenters. The largest absolute Gasteiger partial charge is 0.487 e. The molecule has 23 heavy (non-hydrogen) atoms. The van der Waals surface area contributed by atoms with Gasteiger partial charge in [0.2, 0.25) is 0 Å². The van der Waals surface area contributed by atoms with Crippen LogP contribution in [0.3, 0.4) is 0 Å². The van der Waals surface area contributed by atoms with E-state index < -0.39 is 5.60 Å². The number of carbonyl (C=O) groups is 1. The second kappa shape index (κ2) is 7.43. The van der Waals surface area contributed by atoms with Gasteiger partial charge in [0, 0.05) is 30.8 Å². The molecule has 0 spiro atoms. The summed E-state index contributed by atoms with van der Waals surface area (Å²) in [5, 5.41) is 0. The minimum Gasteiger partial charge on any atom is -0.487 e. The number of benzene rings is 1. The van der Waals surface area contributed by atoms with E-state index in [0.29, 0.717) is 25.9 Å². The van der Waals surface area contributed by atoms with Crippen molar-refractivity contribution in [3.05, 3.63) is 24.0 Å². The number of ether oxygens (including phenoxy) is 2. The average Bonchev–Trinajstić information content (AvgIpc) is 2.48. The zero-order chi connectivity index (χ0) is 17.0. The number of likely N-dealkylation sites (tertiary alicyclic amines) is 1. The van der Waals surface area contributed by atoms with E-state index in [4.69, 9.17) is 9.47 Å². The van der Waals surface area contributed by atoms with Crippen molar-refractivity contribution in [2.75, 3.05) is 19.3 Å². The highest BCUT2D eigenvalue weighted by atomic mass is 32.2. The zero-order valence-corrected chi connectivity index (χ0v) is 14.9. The first-order chi connectivity index (χ1) is 10.8. The van der Waals surface area contributed by atoms with Gasteiger partial charge in [-0.25, -0.2) is 9.18 Å². The summed E-state index contributed by atoms with van der Waals surface area (Å²) in [5.74, 6) is -0.0649. The molecule has 4 nitrogen and oxygen atoms in total. The number of hydrogen-bond donors (Lipinski definition) is 0. The molecule has 0 saturated carbocycles. The van der Waals surface area contributed by atoms with Crippen molar-refractivity contribution in [2.24, 2.45) is 0 Å². The fraction of sp³-hybridized carbons (Fsp3) is 0.588. The Morgan fingerprint density at radius 1 is 1.30 bits per heavy atom. The molecular formula is C17H24FNO3S. The standard InChI is InChI=1S/C17H24FNO3S/c1-17(2,3)22-16(20)19-9-7-12(8-10-19)21-15-6-5-13(23-4)11-14(15)18/h5-6,11-12H,7-10H2,1-4H3. The predicted octanol–water partition coefficient (Wildman–Crippen LogP) is 4.33. The van der Waals surface area contributed by atoms with Crippen LogP contribution in [0.15, 0.2) is 23.1 Å². The third-order valence-electron chi connectivity index (χ3n) is 3.53. The molecule has 0 aliphatic carbocycles. The molecule has 1 fully saturated rings. The smallest absolute Gasteiger partial charge is 0.410 e. The molecule has 2 rings (SSSR count). The maximum absolute atomic E-state index is 14.0. The van der Waals surface area contributed by atoms with Crippen LogP contribution in [0, 0.1) is 5.82 Å². The Morgan fingerprint density at radius 3 is 2.48 bits per heavy atom. The summed E-state index contributed by atoms with van der Waals surface area (Å²) in [5.41, 5.74) is -0.493. The first kappa shape index (κ1) is 17.9. The van der Waals surface area contributed by atoms with Gasteiger partial charge in [-0.05, 0) is 45.2 Å². The van der Waals surface area contributed by atoms with Crippen LogP contribution in [-0.2, 0) is 4.74 Å². The van der Waals surface area contributed by atoms with Crippen LogP contribution in [0.1, 0.15) is 33.6 Å². The number of amides is 1. The highest BCUT2D eigenvalue weighted by molar-refractivity contribution is 7.98. The van der Waals surface area contributed by atoms with Crippen molar-refractivity contribution in [2.45, 2.75) is 50.2 Å². The van der Waals surface area contributed by atoms with Crippen LogP contribution in [0.2, 0.25) is 0 Å². The summed E-state index contributed by atoms with van der Waals surface area (Å²) in [4.78, 5) is 14.6. The monoisotopic (exact) mass is 341 g/mol. The maximum Gasteiger partial charge on any atom is 0.410 e. The quantitative estimate of drug-likeness (QED) is 0.767. The molecule has 1 heterocycles. The van der Waals surface area contributed by atoms with Gasteiger partial charge in [-0.2, -0.15) is 0 Å². The number of rotatable bonds is 3. The Kier molecular flexibility index (Phi) is 5.79. The van der Waals surface area contributed by atoms with Gasteiger partial charge in [-0.3, -0.25) is 0 Å². The second-order valence-electron chi connectivity index (χ2n) is 6.58. The van der Waals surface area contributed by atoms with Crippen LogP contribution in [0.25, 0.3) is 0 Å². The molecule has 1 saturated heterocycles. The van der Waals surface area contributed by atoms with Crippen molar-refractivity contribution in [3.8, 4) is 5.75 Å². The second-order valence-corrected chi connectivity index (χ2v) is 7.46. The van der Waals surface area contributed by atoms with Gasteiger partial charge in [0.25, 0.3) is 0 Å². The molecule has 6 heteroatoms. The lowest BCUT2D eigenvalue weighted by molar-refractivity contribution is 0.0123. The Bertz CT molecular complexity index is 551. The van der Waals surface area contributed by atoms with Crippen LogP contribution in [0.4, 0.5) is 9.18 Å². The zero-order valence-electron chi connectivity index (χ0n) is 14.1. The van der Waals surface area contributed by atoms with E-state index in [1.54, 1.807) is 11.0 Å². The van der Waals surface area contributed by atoms with Crippen LogP contribution < -0.4 is 4.74 Å². The van der Waals surface area contributed by atoms with E-state index >= 15 is 0 Å². The van der Waals surface area contributed by atoms with Gasteiger partial charge in [-0.15, -0.1) is 11.8 Å². The van der Waals surface area contributed by atoms with Crippen molar-refractivity contribution in [1.29, 1.82) is 0 Å². The average molecular weight is 341 g/mol. The van der Waals surface area contributed by atoms with Crippen molar-refractivity contribution in [3.63, 3.8) is 0 Å². The van der Waals surface area contributed by atoms with Gasteiger partial charge in [0.1, 0.15) is 11.7 Å². The molecule has 0 aromatic heterocycles. The lowest BCUT2D eigenvalue weighted by Crippen LogP contribution is -2.44. The van der Waals surface area contributed by atoms with E-state index in [1.807, 2.05) is 33.1 Å². The first-order valence-corrected chi connectivity index (χ1v) is 8.99.